The number of rotatable bonds is 0. The van der Waals surface area contributed by atoms with Crippen LogP contribution in [0.2, 0.25) is 0 Å². The van der Waals surface area contributed by atoms with E-state index in [0.29, 0.717) is 5.52 Å². The largest absolute Gasteiger partial charge is 0.506 e. The average molecular weight is 210 g/mol. The molecule has 0 atom stereocenters. The molecule has 0 aliphatic rings. The number of aryl methyl sites for hydroxylation is 1. The maximum Gasteiger partial charge on any atom is 0.143 e. The number of phenols is 1. The molecule has 0 aliphatic heterocycles. The van der Waals surface area contributed by atoms with Gasteiger partial charge in [-0.05, 0) is 30.7 Å². The highest BCUT2D eigenvalue weighted by Crippen LogP contribution is 2.24. The summed E-state index contributed by atoms with van der Waals surface area (Å²) in [5, 5.41) is 9.72. The Labute approximate surface area is 92.4 Å². The monoisotopic (exact) mass is 210 g/mol. The summed E-state index contributed by atoms with van der Waals surface area (Å²) in [5.74, 6) is 0.176. The Hall–Kier alpha value is -2.16. The molecule has 2 aromatic carbocycles. The van der Waals surface area contributed by atoms with E-state index in [1.165, 1.54) is 0 Å². The molecule has 0 amide bonds. The van der Waals surface area contributed by atoms with Gasteiger partial charge in [-0.1, -0.05) is 18.2 Å². The van der Waals surface area contributed by atoms with E-state index in [1.807, 2.05) is 31.2 Å². The van der Waals surface area contributed by atoms with Crippen LogP contribution in [0.1, 0.15) is 5.56 Å². The van der Waals surface area contributed by atoms with E-state index in [0.717, 1.165) is 22.1 Å². The number of aromatic nitrogens is 2. The van der Waals surface area contributed by atoms with E-state index in [2.05, 4.69) is 9.97 Å². The predicted octanol–water partition coefficient (Wildman–Crippen LogP) is 2.80. The molecule has 1 aromatic heterocycles. The van der Waals surface area contributed by atoms with Crippen molar-refractivity contribution in [3.05, 3.63) is 42.0 Å². The van der Waals surface area contributed by atoms with Crippen LogP contribution >= 0.6 is 0 Å². The van der Waals surface area contributed by atoms with E-state index in [9.17, 15) is 5.11 Å². The minimum Gasteiger partial charge on any atom is -0.506 e. The molecule has 0 fully saturated rings. The summed E-state index contributed by atoms with van der Waals surface area (Å²) in [6.45, 7) is 1.99. The number of benzene rings is 2. The van der Waals surface area contributed by atoms with E-state index in [4.69, 9.17) is 0 Å². The van der Waals surface area contributed by atoms with Gasteiger partial charge in [0.05, 0.1) is 16.6 Å². The van der Waals surface area contributed by atoms with Gasteiger partial charge in [-0.25, -0.2) is 9.97 Å². The van der Waals surface area contributed by atoms with Crippen LogP contribution in [0.15, 0.2) is 36.4 Å². The van der Waals surface area contributed by atoms with Crippen LogP contribution in [0.25, 0.3) is 22.1 Å². The molecule has 0 radical (unpaired) electrons. The average Bonchev–Trinajstić information content (AvgIpc) is 2.28. The summed E-state index contributed by atoms with van der Waals surface area (Å²) in [7, 11) is 0. The van der Waals surface area contributed by atoms with Crippen LogP contribution in [0.5, 0.6) is 5.75 Å². The predicted molar refractivity (Wildman–Crippen MR) is 63.4 cm³/mol. The first-order valence-corrected chi connectivity index (χ1v) is 5.11. The van der Waals surface area contributed by atoms with Gasteiger partial charge in [0, 0.05) is 0 Å². The molecule has 3 aromatic rings. The Balaban J connectivity index is 2.55. The van der Waals surface area contributed by atoms with Crippen molar-refractivity contribution in [2.45, 2.75) is 6.92 Å². The van der Waals surface area contributed by atoms with Crippen LogP contribution in [0, 0.1) is 6.92 Å². The van der Waals surface area contributed by atoms with E-state index < -0.39 is 0 Å². The smallest absolute Gasteiger partial charge is 0.143 e. The second-order valence-corrected chi connectivity index (χ2v) is 3.81. The molecule has 1 heterocycles. The zero-order valence-corrected chi connectivity index (χ0v) is 8.81. The van der Waals surface area contributed by atoms with E-state index in [1.54, 1.807) is 12.1 Å². The summed E-state index contributed by atoms with van der Waals surface area (Å²) >= 11 is 0. The molecule has 78 valence electrons. The van der Waals surface area contributed by atoms with Crippen molar-refractivity contribution in [1.29, 1.82) is 0 Å². The van der Waals surface area contributed by atoms with Crippen LogP contribution in [0.4, 0.5) is 0 Å². The molecule has 16 heavy (non-hydrogen) atoms. The molecule has 0 unspecified atom stereocenters. The van der Waals surface area contributed by atoms with Crippen molar-refractivity contribution in [2.75, 3.05) is 0 Å². The number of nitrogens with zero attached hydrogens (tertiary/aromatic N) is 2. The van der Waals surface area contributed by atoms with Gasteiger partial charge < -0.3 is 5.11 Å². The second kappa shape index (κ2) is 3.17. The minimum absolute atomic E-state index is 0.176. The van der Waals surface area contributed by atoms with Crippen molar-refractivity contribution in [2.24, 2.45) is 0 Å². The highest BCUT2D eigenvalue weighted by molar-refractivity contribution is 5.90. The Kier molecular flexibility index (Phi) is 1.80. The lowest BCUT2D eigenvalue weighted by molar-refractivity contribution is 0.480. The molecule has 1 N–H and O–H groups in total. The number of hydrogen-bond acceptors (Lipinski definition) is 3. The fourth-order valence-corrected chi connectivity index (χ4v) is 1.84. The van der Waals surface area contributed by atoms with Gasteiger partial charge in [-0.2, -0.15) is 0 Å². The van der Waals surface area contributed by atoms with Crippen LogP contribution in [-0.2, 0) is 0 Å². The number of phenolic OH excluding ortho intramolecular Hbond substituents is 1. The zero-order chi connectivity index (χ0) is 11.1. The third kappa shape index (κ3) is 1.21. The lowest BCUT2D eigenvalue weighted by Crippen LogP contribution is -1.89. The number of hydrogen-bond donors (Lipinski definition) is 1. The van der Waals surface area contributed by atoms with Crippen LogP contribution < -0.4 is 0 Å². The number of fused-ring (bicyclic) bond motifs is 2. The Morgan fingerprint density at radius 1 is 0.875 bits per heavy atom. The van der Waals surface area contributed by atoms with Crippen molar-refractivity contribution < 1.29 is 5.11 Å². The number of aromatic hydroxyl groups is 1. The fraction of sp³-hybridized carbons (Fsp3) is 0.0769. The number of para-hydroxylation sites is 2. The summed E-state index contributed by atoms with van der Waals surface area (Å²) in [6, 6.07) is 11.1. The molecule has 0 aliphatic carbocycles. The SMILES string of the molecule is Cc1cccc2nc3cccc(O)c3nc12. The maximum absolute atomic E-state index is 9.72. The van der Waals surface area contributed by atoms with Gasteiger partial charge in [0.2, 0.25) is 0 Å². The van der Waals surface area contributed by atoms with Crippen LogP contribution in [-0.4, -0.2) is 15.1 Å². The zero-order valence-electron chi connectivity index (χ0n) is 8.81. The minimum atomic E-state index is 0.176. The first-order valence-electron chi connectivity index (χ1n) is 5.11. The van der Waals surface area contributed by atoms with E-state index >= 15 is 0 Å². The van der Waals surface area contributed by atoms with Crippen molar-refractivity contribution in [1.82, 2.24) is 9.97 Å². The standard InChI is InChI=1S/C13H10N2O/c1-8-4-2-5-9-12(8)15-13-10(14-9)6-3-7-11(13)16/h2-7,16H,1H3. The van der Waals surface area contributed by atoms with Gasteiger partial charge in [0.15, 0.2) is 0 Å². The van der Waals surface area contributed by atoms with E-state index in [-0.39, 0.29) is 5.75 Å². The molecular weight excluding hydrogens is 200 g/mol. The maximum atomic E-state index is 9.72. The summed E-state index contributed by atoms with van der Waals surface area (Å²) < 4.78 is 0. The van der Waals surface area contributed by atoms with Crippen molar-refractivity contribution in [3.8, 4) is 5.75 Å². The topological polar surface area (TPSA) is 46.0 Å². The third-order valence-corrected chi connectivity index (χ3v) is 2.67. The molecule has 3 nitrogen and oxygen atoms in total. The molecule has 0 saturated heterocycles. The lowest BCUT2D eigenvalue weighted by atomic mass is 10.2. The molecule has 3 heteroatoms. The van der Waals surface area contributed by atoms with Crippen LogP contribution in [0.3, 0.4) is 0 Å². The lowest BCUT2D eigenvalue weighted by Gasteiger charge is -2.04. The Bertz CT molecular complexity index is 635. The molecule has 0 spiro atoms. The summed E-state index contributed by atoms with van der Waals surface area (Å²) in [6.07, 6.45) is 0. The second-order valence-electron chi connectivity index (χ2n) is 3.81. The highest BCUT2D eigenvalue weighted by atomic mass is 16.3. The normalized spacial score (nSPS) is 11.1. The molecular formula is C13H10N2O. The first kappa shape index (κ1) is 9.09. The summed E-state index contributed by atoms with van der Waals surface area (Å²) in [4.78, 5) is 8.94. The molecule has 0 saturated carbocycles. The van der Waals surface area contributed by atoms with Gasteiger partial charge in [-0.15, -0.1) is 0 Å². The third-order valence-electron chi connectivity index (χ3n) is 2.67. The fourth-order valence-electron chi connectivity index (χ4n) is 1.84. The molecule has 0 bridgehead atoms. The summed E-state index contributed by atoms with van der Waals surface area (Å²) in [5.41, 5.74) is 4.05. The quantitative estimate of drug-likeness (QED) is 0.580. The van der Waals surface area contributed by atoms with Gasteiger partial charge in [0.25, 0.3) is 0 Å². The van der Waals surface area contributed by atoms with Crippen molar-refractivity contribution in [3.63, 3.8) is 0 Å². The van der Waals surface area contributed by atoms with Crippen molar-refractivity contribution >= 4 is 22.1 Å². The van der Waals surface area contributed by atoms with Gasteiger partial charge >= 0.3 is 0 Å². The van der Waals surface area contributed by atoms with Gasteiger partial charge in [0.1, 0.15) is 11.3 Å². The van der Waals surface area contributed by atoms with Gasteiger partial charge in [-0.3, -0.25) is 0 Å². The molecule has 3 rings (SSSR count). The first-order chi connectivity index (χ1) is 7.75. The Morgan fingerprint density at radius 2 is 1.56 bits per heavy atom. The highest BCUT2D eigenvalue weighted by Gasteiger charge is 2.05. The Morgan fingerprint density at radius 3 is 2.38 bits per heavy atom.